The molecule has 8 heteroatoms. The second-order valence-corrected chi connectivity index (χ2v) is 6.09. The topological polar surface area (TPSA) is 90.3 Å². The molecule has 0 saturated heterocycles. The number of carbonyl (C=O) groups is 2. The van der Waals surface area contributed by atoms with Gasteiger partial charge in [0, 0.05) is 11.8 Å². The number of nitrogens with one attached hydrogen (secondary N) is 1. The van der Waals surface area contributed by atoms with Crippen LogP contribution in [0.1, 0.15) is 33.3 Å². The normalized spacial score (nSPS) is 10.4. The van der Waals surface area contributed by atoms with Gasteiger partial charge in [-0.15, -0.1) is 0 Å². The van der Waals surface area contributed by atoms with Gasteiger partial charge in [-0.05, 0) is 55.0 Å². The number of benzene rings is 2. The van der Waals surface area contributed by atoms with Crippen LogP contribution < -0.4 is 10.9 Å². The third-order valence-corrected chi connectivity index (χ3v) is 4.00. The SMILES string of the molecule is CCOC(=O)c1ccc(NC(=O)c2ccc(=O)n(Cc3ccc(F)cc3)n2)cc1. The number of anilines is 1. The van der Waals surface area contributed by atoms with Gasteiger partial charge in [0.1, 0.15) is 11.5 Å². The van der Waals surface area contributed by atoms with Crippen LogP contribution in [0.25, 0.3) is 0 Å². The van der Waals surface area contributed by atoms with E-state index in [0.29, 0.717) is 16.8 Å². The van der Waals surface area contributed by atoms with Crippen LogP contribution >= 0.6 is 0 Å². The van der Waals surface area contributed by atoms with Crippen LogP contribution in [-0.4, -0.2) is 28.3 Å². The van der Waals surface area contributed by atoms with Crippen LogP contribution in [0.4, 0.5) is 10.1 Å². The molecule has 0 aliphatic rings. The molecule has 3 rings (SSSR count). The van der Waals surface area contributed by atoms with Crippen molar-refractivity contribution in [2.45, 2.75) is 13.5 Å². The Bertz CT molecular complexity index is 1080. The van der Waals surface area contributed by atoms with E-state index in [4.69, 9.17) is 4.74 Å². The minimum absolute atomic E-state index is 0.0428. The lowest BCUT2D eigenvalue weighted by molar-refractivity contribution is 0.0526. The number of carbonyl (C=O) groups excluding carboxylic acids is 2. The molecule has 0 unspecified atom stereocenters. The summed E-state index contributed by atoms with van der Waals surface area (Å²) in [5.74, 6) is -1.34. The van der Waals surface area contributed by atoms with E-state index in [1.54, 1.807) is 31.2 Å². The van der Waals surface area contributed by atoms with Crippen LogP contribution in [-0.2, 0) is 11.3 Å². The summed E-state index contributed by atoms with van der Waals surface area (Å²) in [6.45, 7) is 2.10. The van der Waals surface area contributed by atoms with E-state index in [2.05, 4.69) is 10.4 Å². The van der Waals surface area contributed by atoms with Gasteiger partial charge in [0.05, 0.1) is 18.7 Å². The van der Waals surface area contributed by atoms with Gasteiger partial charge < -0.3 is 10.1 Å². The maximum Gasteiger partial charge on any atom is 0.338 e. The smallest absolute Gasteiger partial charge is 0.338 e. The lowest BCUT2D eigenvalue weighted by Gasteiger charge is -2.09. The monoisotopic (exact) mass is 395 g/mol. The number of hydrogen-bond acceptors (Lipinski definition) is 5. The highest BCUT2D eigenvalue weighted by molar-refractivity contribution is 6.03. The van der Waals surface area contributed by atoms with E-state index < -0.39 is 11.9 Å². The predicted molar refractivity (Wildman–Crippen MR) is 104 cm³/mol. The maximum absolute atomic E-state index is 13.0. The van der Waals surface area contributed by atoms with Gasteiger partial charge in [-0.1, -0.05) is 12.1 Å². The lowest BCUT2D eigenvalue weighted by atomic mass is 10.2. The van der Waals surface area contributed by atoms with Crippen molar-refractivity contribution in [3.8, 4) is 0 Å². The van der Waals surface area contributed by atoms with Crippen molar-refractivity contribution in [2.24, 2.45) is 0 Å². The summed E-state index contributed by atoms with van der Waals surface area (Å²) in [6.07, 6.45) is 0. The molecular formula is C21H18FN3O4. The van der Waals surface area contributed by atoms with Crippen molar-refractivity contribution in [3.05, 3.63) is 93.7 Å². The summed E-state index contributed by atoms with van der Waals surface area (Å²) in [5.41, 5.74) is 1.16. The van der Waals surface area contributed by atoms with E-state index >= 15 is 0 Å². The summed E-state index contributed by atoms with van der Waals surface area (Å²) in [5, 5.41) is 6.74. The Labute approximate surface area is 165 Å². The standard InChI is InChI=1S/C21H18FN3O4/c1-2-29-21(28)15-5-9-17(10-6-15)23-20(27)18-11-12-19(26)25(24-18)13-14-3-7-16(22)8-4-14/h3-12H,2,13H2,1H3,(H,23,27). The molecule has 3 aromatic rings. The fraction of sp³-hybridized carbons (Fsp3) is 0.143. The highest BCUT2D eigenvalue weighted by Gasteiger charge is 2.12. The summed E-state index contributed by atoms with van der Waals surface area (Å²) in [4.78, 5) is 36.2. The fourth-order valence-electron chi connectivity index (χ4n) is 2.55. The van der Waals surface area contributed by atoms with Gasteiger partial charge in [-0.2, -0.15) is 5.10 Å². The van der Waals surface area contributed by atoms with Gasteiger partial charge >= 0.3 is 5.97 Å². The molecule has 29 heavy (non-hydrogen) atoms. The van der Waals surface area contributed by atoms with Crippen LogP contribution in [0.3, 0.4) is 0 Å². The highest BCUT2D eigenvalue weighted by atomic mass is 19.1. The largest absolute Gasteiger partial charge is 0.462 e. The van der Waals surface area contributed by atoms with Crippen LogP contribution in [0.2, 0.25) is 0 Å². The molecule has 0 bridgehead atoms. The zero-order valence-corrected chi connectivity index (χ0v) is 15.6. The third-order valence-electron chi connectivity index (χ3n) is 4.00. The Morgan fingerprint density at radius 2 is 1.72 bits per heavy atom. The van der Waals surface area contributed by atoms with Crippen molar-refractivity contribution in [2.75, 3.05) is 11.9 Å². The zero-order chi connectivity index (χ0) is 20.8. The van der Waals surface area contributed by atoms with Crippen molar-refractivity contribution in [1.29, 1.82) is 0 Å². The average Bonchev–Trinajstić information content (AvgIpc) is 2.72. The Kier molecular flexibility index (Phi) is 6.13. The fourth-order valence-corrected chi connectivity index (χ4v) is 2.55. The first-order chi connectivity index (χ1) is 14.0. The highest BCUT2D eigenvalue weighted by Crippen LogP contribution is 2.12. The van der Waals surface area contributed by atoms with Crippen molar-refractivity contribution in [1.82, 2.24) is 9.78 Å². The Morgan fingerprint density at radius 1 is 1.03 bits per heavy atom. The molecule has 0 saturated carbocycles. The number of hydrogen-bond donors (Lipinski definition) is 1. The van der Waals surface area contributed by atoms with Gasteiger partial charge in [0.25, 0.3) is 11.5 Å². The minimum Gasteiger partial charge on any atom is -0.462 e. The Morgan fingerprint density at radius 3 is 2.38 bits per heavy atom. The molecule has 1 N–H and O–H groups in total. The number of aromatic nitrogens is 2. The molecule has 1 aromatic heterocycles. The van der Waals surface area contributed by atoms with E-state index in [1.807, 2.05) is 0 Å². The van der Waals surface area contributed by atoms with E-state index in [9.17, 15) is 18.8 Å². The minimum atomic E-state index is -0.512. The van der Waals surface area contributed by atoms with E-state index in [1.165, 1.54) is 36.4 Å². The van der Waals surface area contributed by atoms with Gasteiger partial charge in [-0.25, -0.2) is 13.9 Å². The first-order valence-corrected chi connectivity index (χ1v) is 8.87. The van der Waals surface area contributed by atoms with Crippen LogP contribution in [0.5, 0.6) is 0 Å². The quantitative estimate of drug-likeness (QED) is 0.648. The number of esters is 1. The number of amides is 1. The zero-order valence-electron chi connectivity index (χ0n) is 15.6. The molecule has 0 spiro atoms. The maximum atomic E-state index is 13.0. The first kappa shape index (κ1) is 19.9. The predicted octanol–water partition coefficient (Wildman–Crippen LogP) is 2.86. The molecule has 2 aromatic carbocycles. The second kappa shape index (κ2) is 8.92. The number of nitrogens with zero attached hydrogens (tertiary/aromatic N) is 2. The summed E-state index contributed by atoms with van der Waals surface area (Å²) in [7, 11) is 0. The van der Waals surface area contributed by atoms with Crippen molar-refractivity contribution >= 4 is 17.6 Å². The van der Waals surface area contributed by atoms with Crippen molar-refractivity contribution < 1.29 is 18.7 Å². The summed E-state index contributed by atoms with van der Waals surface area (Å²) in [6, 6.07) is 14.4. The molecule has 7 nitrogen and oxygen atoms in total. The number of halogens is 1. The van der Waals surface area contributed by atoms with E-state index in [-0.39, 0.29) is 30.2 Å². The van der Waals surface area contributed by atoms with E-state index in [0.717, 1.165) is 4.68 Å². The Balaban J connectivity index is 1.73. The molecule has 1 heterocycles. The van der Waals surface area contributed by atoms with Gasteiger partial charge in [-0.3, -0.25) is 9.59 Å². The summed E-state index contributed by atoms with van der Waals surface area (Å²) >= 11 is 0. The molecule has 0 aliphatic heterocycles. The Hall–Kier alpha value is -3.81. The lowest BCUT2D eigenvalue weighted by Crippen LogP contribution is -2.26. The molecule has 0 radical (unpaired) electrons. The molecule has 1 amide bonds. The summed E-state index contributed by atoms with van der Waals surface area (Å²) < 4.78 is 19.1. The molecular weight excluding hydrogens is 377 g/mol. The molecule has 0 atom stereocenters. The molecule has 0 fully saturated rings. The average molecular weight is 395 g/mol. The van der Waals surface area contributed by atoms with Crippen molar-refractivity contribution in [3.63, 3.8) is 0 Å². The number of ether oxygens (including phenoxy) is 1. The van der Waals surface area contributed by atoms with Gasteiger partial charge in [0.15, 0.2) is 0 Å². The second-order valence-electron chi connectivity index (χ2n) is 6.09. The van der Waals surface area contributed by atoms with Crippen LogP contribution in [0, 0.1) is 5.82 Å². The molecule has 148 valence electrons. The number of rotatable bonds is 6. The van der Waals surface area contributed by atoms with Gasteiger partial charge in [0.2, 0.25) is 0 Å². The third kappa shape index (κ3) is 5.13. The molecule has 0 aliphatic carbocycles. The first-order valence-electron chi connectivity index (χ1n) is 8.87. The van der Waals surface area contributed by atoms with Crippen LogP contribution in [0.15, 0.2) is 65.5 Å².